The molecule has 20 heavy (non-hydrogen) atoms. The van der Waals surface area contributed by atoms with E-state index >= 15 is 0 Å². The number of rotatable bonds is 4. The lowest BCUT2D eigenvalue weighted by Gasteiger charge is -2.35. The summed E-state index contributed by atoms with van der Waals surface area (Å²) in [7, 11) is 0. The lowest BCUT2D eigenvalue weighted by Crippen LogP contribution is -2.45. The Labute approximate surface area is 116 Å². The number of pyridine rings is 1. The average Bonchev–Trinajstić information content (AvgIpc) is 2.45. The van der Waals surface area contributed by atoms with Crippen molar-refractivity contribution in [2.24, 2.45) is 0 Å². The first-order valence-electron chi connectivity index (χ1n) is 6.79. The Hall–Kier alpha value is -2.11. The van der Waals surface area contributed by atoms with E-state index in [1.54, 1.807) is 4.90 Å². The lowest BCUT2D eigenvalue weighted by molar-refractivity contribution is -0.137. The van der Waals surface area contributed by atoms with Crippen molar-refractivity contribution in [1.29, 1.82) is 0 Å². The highest BCUT2D eigenvalue weighted by atomic mass is 16.4. The number of amides is 1. The summed E-state index contributed by atoms with van der Waals surface area (Å²) in [6, 6.07) is 1.23. The minimum Gasteiger partial charge on any atom is -0.481 e. The van der Waals surface area contributed by atoms with Crippen molar-refractivity contribution in [2.75, 3.05) is 6.54 Å². The highest BCUT2D eigenvalue weighted by Gasteiger charge is 2.28. The molecule has 6 heteroatoms. The molecule has 2 N–H and O–H groups in total. The van der Waals surface area contributed by atoms with Crippen molar-refractivity contribution in [3.63, 3.8) is 0 Å². The number of hydrogen-bond acceptors (Lipinski definition) is 3. The van der Waals surface area contributed by atoms with Gasteiger partial charge in [0.05, 0.1) is 0 Å². The Morgan fingerprint density at radius 3 is 2.90 bits per heavy atom. The van der Waals surface area contributed by atoms with E-state index < -0.39 is 5.97 Å². The van der Waals surface area contributed by atoms with Crippen molar-refractivity contribution in [2.45, 2.75) is 38.1 Å². The molecule has 1 saturated heterocycles. The standard InChI is InChI=1S/C14H18N2O4/c17-12-6-7-15-9-11(12)14(20)16-8-2-1-3-10(16)4-5-13(18)19/h6-7,9-10H,1-5,8H2,(H,15,17)(H,18,19). The van der Waals surface area contributed by atoms with Crippen LogP contribution in [-0.2, 0) is 4.79 Å². The van der Waals surface area contributed by atoms with Gasteiger partial charge < -0.3 is 15.0 Å². The summed E-state index contributed by atoms with van der Waals surface area (Å²) < 4.78 is 0. The third-order valence-electron chi connectivity index (χ3n) is 3.63. The number of carboxylic acids is 1. The van der Waals surface area contributed by atoms with Crippen LogP contribution in [0, 0.1) is 0 Å². The zero-order chi connectivity index (χ0) is 14.5. The third-order valence-corrected chi connectivity index (χ3v) is 3.63. The molecule has 1 aromatic rings. The van der Waals surface area contributed by atoms with Crippen molar-refractivity contribution in [3.8, 4) is 0 Å². The predicted molar refractivity (Wildman–Crippen MR) is 72.6 cm³/mol. The predicted octanol–water partition coefficient (Wildman–Crippen LogP) is 1.23. The Morgan fingerprint density at radius 2 is 2.20 bits per heavy atom. The van der Waals surface area contributed by atoms with Gasteiger partial charge in [-0.15, -0.1) is 0 Å². The van der Waals surface area contributed by atoms with Crippen LogP contribution < -0.4 is 5.43 Å². The van der Waals surface area contributed by atoms with Crippen LogP contribution >= 0.6 is 0 Å². The van der Waals surface area contributed by atoms with Gasteiger partial charge in [-0.1, -0.05) is 0 Å². The van der Waals surface area contributed by atoms with Gasteiger partial charge in [-0.05, 0) is 25.7 Å². The highest BCUT2D eigenvalue weighted by molar-refractivity contribution is 5.94. The fraction of sp³-hybridized carbons (Fsp3) is 0.500. The number of carbonyl (C=O) groups is 2. The van der Waals surface area contributed by atoms with Crippen molar-refractivity contribution >= 4 is 11.9 Å². The molecule has 1 fully saturated rings. The van der Waals surface area contributed by atoms with Gasteiger partial charge in [0.2, 0.25) is 0 Å². The normalized spacial score (nSPS) is 18.8. The molecule has 1 aliphatic heterocycles. The van der Waals surface area contributed by atoms with Crippen LogP contribution in [0.4, 0.5) is 0 Å². The van der Waals surface area contributed by atoms with E-state index in [2.05, 4.69) is 4.98 Å². The van der Waals surface area contributed by atoms with Gasteiger partial charge >= 0.3 is 5.97 Å². The van der Waals surface area contributed by atoms with E-state index in [4.69, 9.17) is 5.11 Å². The minimum absolute atomic E-state index is 0.0413. The van der Waals surface area contributed by atoms with Crippen molar-refractivity contribution in [1.82, 2.24) is 9.88 Å². The smallest absolute Gasteiger partial charge is 0.303 e. The molecule has 1 unspecified atom stereocenters. The zero-order valence-corrected chi connectivity index (χ0v) is 11.2. The lowest BCUT2D eigenvalue weighted by atomic mass is 9.97. The maximum Gasteiger partial charge on any atom is 0.303 e. The molecular formula is C14H18N2O4. The number of nitrogens with zero attached hydrogens (tertiary/aromatic N) is 1. The molecule has 2 heterocycles. The van der Waals surface area contributed by atoms with Gasteiger partial charge in [0.25, 0.3) is 5.91 Å². The Morgan fingerprint density at radius 1 is 1.40 bits per heavy atom. The summed E-state index contributed by atoms with van der Waals surface area (Å²) in [5, 5.41) is 8.77. The van der Waals surface area contributed by atoms with E-state index in [1.165, 1.54) is 18.5 Å². The Bertz CT molecular complexity index is 552. The third kappa shape index (κ3) is 3.26. The van der Waals surface area contributed by atoms with Crippen LogP contribution in [0.2, 0.25) is 0 Å². The first-order valence-corrected chi connectivity index (χ1v) is 6.79. The number of aromatic amines is 1. The number of carbonyl (C=O) groups excluding carboxylic acids is 1. The number of carboxylic acid groups (broad SMARTS) is 1. The molecule has 108 valence electrons. The summed E-state index contributed by atoms with van der Waals surface area (Å²) >= 11 is 0. The quantitative estimate of drug-likeness (QED) is 0.866. The van der Waals surface area contributed by atoms with Crippen molar-refractivity contribution < 1.29 is 14.7 Å². The molecule has 0 radical (unpaired) electrons. The van der Waals surface area contributed by atoms with Crippen LogP contribution in [0.15, 0.2) is 23.3 Å². The van der Waals surface area contributed by atoms with Gasteiger partial charge in [0.15, 0.2) is 5.43 Å². The van der Waals surface area contributed by atoms with Crippen LogP contribution in [0.5, 0.6) is 0 Å². The molecule has 0 aliphatic carbocycles. The monoisotopic (exact) mass is 278 g/mol. The first kappa shape index (κ1) is 14.3. The molecule has 0 spiro atoms. The number of nitrogens with one attached hydrogen (secondary N) is 1. The number of hydrogen-bond donors (Lipinski definition) is 2. The molecule has 0 saturated carbocycles. The molecule has 1 aliphatic rings. The number of likely N-dealkylation sites (tertiary alicyclic amines) is 1. The zero-order valence-electron chi connectivity index (χ0n) is 11.2. The summed E-state index contributed by atoms with van der Waals surface area (Å²) in [5.74, 6) is -1.16. The van der Waals surface area contributed by atoms with Crippen LogP contribution in [0.1, 0.15) is 42.5 Å². The van der Waals surface area contributed by atoms with E-state index in [0.29, 0.717) is 13.0 Å². The van der Waals surface area contributed by atoms with E-state index in [1.807, 2.05) is 0 Å². The van der Waals surface area contributed by atoms with Gasteiger partial charge in [-0.3, -0.25) is 14.4 Å². The second-order valence-electron chi connectivity index (χ2n) is 5.00. The number of aliphatic carboxylic acids is 1. The molecule has 1 aromatic heterocycles. The van der Waals surface area contributed by atoms with Gasteiger partial charge in [0.1, 0.15) is 5.56 Å². The second kappa shape index (κ2) is 6.36. The molecule has 1 amide bonds. The van der Waals surface area contributed by atoms with Crippen LogP contribution in [0.25, 0.3) is 0 Å². The fourth-order valence-corrected chi connectivity index (χ4v) is 2.60. The second-order valence-corrected chi connectivity index (χ2v) is 5.00. The maximum atomic E-state index is 12.4. The Balaban J connectivity index is 2.15. The molecule has 6 nitrogen and oxygen atoms in total. The maximum absolute atomic E-state index is 12.4. The minimum atomic E-state index is -0.861. The van der Waals surface area contributed by atoms with E-state index in [9.17, 15) is 14.4 Å². The highest BCUT2D eigenvalue weighted by Crippen LogP contribution is 2.22. The topological polar surface area (TPSA) is 90.5 Å². The number of H-pyrrole nitrogens is 1. The van der Waals surface area contributed by atoms with Gasteiger partial charge in [-0.25, -0.2) is 0 Å². The first-order chi connectivity index (χ1) is 9.59. The average molecular weight is 278 g/mol. The van der Waals surface area contributed by atoms with E-state index in [0.717, 1.165) is 19.3 Å². The largest absolute Gasteiger partial charge is 0.481 e. The van der Waals surface area contributed by atoms with Crippen LogP contribution in [0.3, 0.4) is 0 Å². The van der Waals surface area contributed by atoms with E-state index in [-0.39, 0.29) is 29.4 Å². The molecule has 0 aromatic carbocycles. The summed E-state index contributed by atoms with van der Waals surface area (Å²) in [6.45, 7) is 0.581. The SMILES string of the molecule is O=C(O)CCC1CCCCN1C(=O)c1c[nH]ccc1=O. The number of piperidine rings is 1. The summed E-state index contributed by atoms with van der Waals surface area (Å²) in [4.78, 5) is 39.2. The molecule has 2 rings (SSSR count). The molecular weight excluding hydrogens is 260 g/mol. The fourth-order valence-electron chi connectivity index (χ4n) is 2.60. The van der Waals surface area contributed by atoms with Gasteiger partial charge in [-0.2, -0.15) is 0 Å². The van der Waals surface area contributed by atoms with Crippen molar-refractivity contribution in [3.05, 3.63) is 34.2 Å². The molecule has 1 atom stereocenters. The van der Waals surface area contributed by atoms with Gasteiger partial charge in [0, 0.05) is 37.5 Å². The van der Waals surface area contributed by atoms with Crippen LogP contribution in [-0.4, -0.2) is 39.5 Å². The summed E-state index contributed by atoms with van der Waals surface area (Å²) in [5.41, 5.74) is -0.189. The Kier molecular flexibility index (Phi) is 4.55. The molecule has 0 bridgehead atoms. The number of aromatic nitrogens is 1. The summed E-state index contributed by atoms with van der Waals surface area (Å²) in [6.07, 6.45) is 6.04.